The zero-order valence-corrected chi connectivity index (χ0v) is 10.1. The van der Waals surface area contributed by atoms with Crippen LogP contribution >= 0.6 is 11.3 Å². The smallest absolute Gasteiger partial charge is 0.124 e. The number of benzene rings is 2. The first-order valence-electron chi connectivity index (χ1n) is 5.38. The second-order valence-electron chi connectivity index (χ2n) is 3.73. The Labute approximate surface area is 107 Å². The van der Waals surface area contributed by atoms with Gasteiger partial charge in [0.15, 0.2) is 0 Å². The predicted molar refractivity (Wildman–Crippen MR) is 73.9 cm³/mol. The third kappa shape index (κ3) is 1.93. The maximum Gasteiger partial charge on any atom is 0.124 e. The van der Waals surface area contributed by atoms with Gasteiger partial charge in [-0.05, 0) is 23.7 Å². The minimum absolute atomic E-state index is 0.606. The van der Waals surface area contributed by atoms with Crippen molar-refractivity contribution in [1.29, 1.82) is 0 Å². The van der Waals surface area contributed by atoms with Crippen LogP contribution in [0.1, 0.15) is 0 Å². The van der Waals surface area contributed by atoms with E-state index in [-0.39, 0.29) is 0 Å². The summed E-state index contributed by atoms with van der Waals surface area (Å²) in [7, 11) is 0. The van der Waals surface area contributed by atoms with E-state index in [1.54, 1.807) is 17.4 Å². The van der Waals surface area contributed by atoms with Crippen molar-refractivity contribution in [3.8, 4) is 10.6 Å². The second-order valence-corrected chi connectivity index (χ2v) is 4.76. The molecule has 3 aromatic rings. The van der Waals surface area contributed by atoms with Crippen LogP contribution in [0.2, 0.25) is 0 Å². The number of thiazole rings is 1. The molecule has 0 saturated carbocycles. The van der Waals surface area contributed by atoms with Gasteiger partial charge in [0, 0.05) is 16.2 Å². The molecule has 0 fully saturated rings. The predicted octanol–water partition coefficient (Wildman–Crippen LogP) is 4.91. The van der Waals surface area contributed by atoms with Gasteiger partial charge in [0.1, 0.15) is 5.01 Å². The standard InChI is InChI=1S/C13H8N4S/c14-17-16-10-5-3-4-9(8-10)13-15-11-6-1-2-7-12(11)18-13/h1-8H. The molecule has 0 amide bonds. The summed E-state index contributed by atoms with van der Waals surface area (Å²) < 4.78 is 1.15. The van der Waals surface area contributed by atoms with E-state index in [1.807, 2.05) is 42.5 Å². The topological polar surface area (TPSA) is 61.7 Å². The molecule has 2 aromatic carbocycles. The zero-order valence-electron chi connectivity index (χ0n) is 9.32. The summed E-state index contributed by atoms with van der Waals surface area (Å²) in [6.45, 7) is 0. The average molecular weight is 252 g/mol. The van der Waals surface area contributed by atoms with E-state index in [4.69, 9.17) is 5.53 Å². The molecule has 1 heterocycles. The van der Waals surface area contributed by atoms with Crippen molar-refractivity contribution in [3.63, 3.8) is 0 Å². The first-order valence-corrected chi connectivity index (χ1v) is 6.19. The molecule has 0 bridgehead atoms. The first-order chi connectivity index (χ1) is 8.86. The molecule has 86 valence electrons. The molecule has 0 N–H and O–H groups in total. The second kappa shape index (κ2) is 4.49. The molecule has 0 atom stereocenters. The van der Waals surface area contributed by atoms with Crippen molar-refractivity contribution in [2.24, 2.45) is 5.11 Å². The maximum absolute atomic E-state index is 8.44. The summed E-state index contributed by atoms with van der Waals surface area (Å²) >= 11 is 1.63. The molecular formula is C13H8N4S. The van der Waals surface area contributed by atoms with Crippen molar-refractivity contribution in [2.75, 3.05) is 0 Å². The highest BCUT2D eigenvalue weighted by molar-refractivity contribution is 7.21. The lowest BCUT2D eigenvalue weighted by molar-refractivity contribution is 1.44. The van der Waals surface area contributed by atoms with Gasteiger partial charge in [-0.15, -0.1) is 11.3 Å². The summed E-state index contributed by atoms with van der Waals surface area (Å²) in [5.41, 5.74) is 11.0. The Hall–Kier alpha value is -2.36. The number of aromatic nitrogens is 1. The van der Waals surface area contributed by atoms with Crippen LogP contribution in [0.3, 0.4) is 0 Å². The Morgan fingerprint density at radius 1 is 1.11 bits per heavy atom. The lowest BCUT2D eigenvalue weighted by atomic mass is 10.2. The van der Waals surface area contributed by atoms with Crippen LogP contribution in [-0.2, 0) is 0 Å². The number of para-hydroxylation sites is 1. The van der Waals surface area contributed by atoms with Gasteiger partial charge in [-0.1, -0.05) is 35.4 Å². The van der Waals surface area contributed by atoms with Crippen LogP contribution in [-0.4, -0.2) is 4.98 Å². The summed E-state index contributed by atoms with van der Waals surface area (Å²) in [5.74, 6) is 0. The minimum atomic E-state index is 0.606. The molecule has 0 aliphatic rings. The van der Waals surface area contributed by atoms with Gasteiger partial charge < -0.3 is 0 Å². The summed E-state index contributed by atoms with van der Waals surface area (Å²) in [4.78, 5) is 7.36. The zero-order chi connectivity index (χ0) is 12.4. The van der Waals surface area contributed by atoms with Gasteiger partial charge in [-0.2, -0.15) is 0 Å². The summed E-state index contributed by atoms with van der Waals surface area (Å²) in [5, 5.41) is 4.54. The number of hydrogen-bond donors (Lipinski definition) is 0. The molecule has 1 aromatic heterocycles. The average Bonchev–Trinajstić information content (AvgIpc) is 2.83. The fourth-order valence-corrected chi connectivity index (χ4v) is 2.71. The lowest BCUT2D eigenvalue weighted by Crippen LogP contribution is -1.74. The third-order valence-corrected chi connectivity index (χ3v) is 3.63. The van der Waals surface area contributed by atoms with Crippen LogP contribution < -0.4 is 0 Å². The van der Waals surface area contributed by atoms with E-state index >= 15 is 0 Å². The molecule has 0 saturated heterocycles. The Balaban J connectivity index is 2.13. The normalized spacial score (nSPS) is 10.2. The molecular weight excluding hydrogens is 244 g/mol. The maximum atomic E-state index is 8.44. The van der Waals surface area contributed by atoms with Crippen molar-refractivity contribution in [3.05, 3.63) is 59.0 Å². The van der Waals surface area contributed by atoms with Gasteiger partial charge in [0.25, 0.3) is 0 Å². The highest BCUT2D eigenvalue weighted by Gasteiger charge is 2.05. The monoisotopic (exact) mass is 252 g/mol. The molecule has 0 radical (unpaired) electrons. The number of rotatable bonds is 2. The highest BCUT2D eigenvalue weighted by atomic mass is 32.1. The van der Waals surface area contributed by atoms with Gasteiger partial charge in [0.2, 0.25) is 0 Å². The fraction of sp³-hybridized carbons (Fsp3) is 0. The molecule has 18 heavy (non-hydrogen) atoms. The molecule has 0 aliphatic carbocycles. The number of fused-ring (bicyclic) bond motifs is 1. The Morgan fingerprint density at radius 3 is 2.83 bits per heavy atom. The van der Waals surface area contributed by atoms with Crippen LogP contribution in [0.15, 0.2) is 53.6 Å². The number of nitrogens with zero attached hydrogens (tertiary/aromatic N) is 4. The Kier molecular flexibility index (Phi) is 2.68. The molecule has 0 unspecified atom stereocenters. The summed E-state index contributed by atoms with van der Waals surface area (Å²) in [6, 6.07) is 15.5. The van der Waals surface area contributed by atoms with Crippen molar-refractivity contribution in [2.45, 2.75) is 0 Å². The molecule has 5 heteroatoms. The SMILES string of the molecule is [N-]=[N+]=Nc1cccc(-c2nc3ccccc3s2)c1. The van der Waals surface area contributed by atoms with E-state index in [1.165, 1.54) is 0 Å². The highest BCUT2D eigenvalue weighted by Crippen LogP contribution is 2.31. The molecule has 4 nitrogen and oxygen atoms in total. The Bertz CT molecular complexity index is 723. The van der Waals surface area contributed by atoms with E-state index < -0.39 is 0 Å². The third-order valence-electron chi connectivity index (χ3n) is 2.55. The number of hydrogen-bond acceptors (Lipinski definition) is 3. The van der Waals surface area contributed by atoms with E-state index in [0.29, 0.717) is 5.69 Å². The van der Waals surface area contributed by atoms with Gasteiger partial charge in [-0.25, -0.2) is 4.98 Å². The van der Waals surface area contributed by atoms with E-state index in [9.17, 15) is 0 Å². The van der Waals surface area contributed by atoms with Crippen LogP contribution in [0.4, 0.5) is 5.69 Å². The van der Waals surface area contributed by atoms with E-state index in [2.05, 4.69) is 15.0 Å². The molecule has 0 spiro atoms. The largest absolute Gasteiger partial charge is 0.236 e. The first kappa shape index (κ1) is 10.8. The van der Waals surface area contributed by atoms with Crippen LogP contribution in [0, 0.1) is 0 Å². The fourth-order valence-electron chi connectivity index (χ4n) is 1.75. The van der Waals surface area contributed by atoms with Crippen molar-refractivity contribution >= 4 is 27.2 Å². The molecule has 3 rings (SSSR count). The quantitative estimate of drug-likeness (QED) is 0.363. The van der Waals surface area contributed by atoms with Crippen molar-refractivity contribution in [1.82, 2.24) is 4.98 Å². The van der Waals surface area contributed by atoms with Crippen LogP contribution in [0.25, 0.3) is 31.2 Å². The number of azide groups is 1. The minimum Gasteiger partial charge on any atom is -0.236 e. The van der Waals surface area contributed by atoms with Crippen molar-refractivity contribution < 1.29 is 0 Å². The van der Waals surface area contributed by atoms with Gasteiger partial charge in [-0.3, -0.25) is 0 Å². The lowest BCUT2D eigenvalue weighted by Gasteiger charge is -1.96. The van der Waals surface area contributed by atoms with Gasteiger partial charge in [0.05, 0.1) is 10.2 Å². The summed E-state index contributed by atoms with van der Waals surface area (Å²) in [6.07, 6.45) is 0. The van der Waals surface area contributed by atoms with Crippen LogP contribution in [0.5, 0.6) is 0 Å². The van der Waals surface area contributed by atoms with E-state index in [0.717, 1.165) is 20.8 Å². The van der Waals surface area contributed by atoms with Gasteiger partial charge >= 0.3 is 0 Å². The molecule has 0 aliphatic heterocycles. The Morgan fingerprint density at radius 2 is 2.00 bits per heavy atom.